The molecule has 6 nitrogen and oxygen atoms in total. The number of nitrogens with zero attached hydrogens (tertiary/aromatic N) is 3. The van der Waals surface area contributed by atoms with Gasteiger partial charge in [-0.3, -0.25) is 15.3 Å². The Balaban J connectivity index is 1.55. The average molecular weight is 333 g/mol. The van der Waals surface area contributed by atoms with Gasteiger partial charge >= 0.3 is 6.03 Å². The molecule has 1 aliphatic carbocycles. The smallest absolute Gasteiger partial charge is 0.320 e. The van der Waals surface area contributed by atoms with Gasteiger partial charge in [0, 0.05) is 24.0 Å². The van der Waals surface area contributed by atoms with Gasteiger partial charge < -0.3 is 5.32 Å². The summed E-state index contributed by atoms with van der Waals surface area (Å²) in [5, 5.41) is 5.81. The SMILES string of the molecule is O=C(Nc1ccc2ncc(-c3ccccn3)cc2n1)NC1CCCC1. The van der Waals surface area contributed by atoms with Gasteiger partial charge in [0.1, 0.15) is 5.82 Å². The number of nitrogens with one attached hydrogen (secondary N) is 2. The van der Waals surface area contributed by atoms with Gasteiger partial charge in [-0.25, -0.2) is 9.78 Å². The van der Waals surface area contributed by atoms with Crippen molar-refractivity contribution < 1.29 is 4.79 Å². The van der Waals surface area contributed by atoms with Crippen molar-refractivity contribution in [2.45, 2.75) is 31.7 Å². The molecule has 6 heteroatoms. The largest absolute Gasteiger partial charge is 0.335 e. The van der Waals surface area contributed by atoms with Crippen LogP contribution in [0, 0.1) is 0 Å². The maximum Gasteiger partial charge on any atom is 0.320 e. The molecule has 2 N–H and O–H groups in total. The van der Waals surface area contributed by atoms with E-state index in [2.05, 4.69) is 25.6 Å². The summed E-state index contributed by atoms with van der Waals surface area (Å²) in [5.74, 6) is 0.517. The predicted molar refractivity (Wildman–Crippen MR) is 97.2 cm³/mol. The highest BCUT2D eigenvalue weighted by Crippen LogP contribution is 2.21. The van der Waals surface area contributed by atoms with Gasteiger partial charge in [0.25, 0.3) is 0 Å². The number of hydrogen-bond acceptors (Lipinski definition) is 4. The average Bonchev–Trinajstić information content (AvgIpc) is 3.14. The second kappa shape index (κ2) is 6.84. The van der Waals surface area contributed by atoms with Gasteiger partial charge in [-0.2, -0.15) is 0 Å². The molecule has 0 unspecified atom stereocenters. The standard InChI is InChI=1S/C19H19N5O/c25-19(22-14-5-1-2-6-14)24-18-9-8-16-17(23-18)11-13(12-21-16)15-7-3-4-10-20-15/h3-4,7-12,14H,1-2,5-6H2,(H2,22,23,24,25). The van der Waals surface area contributed by atoms with Gasteiger partial charge in [0.05, 0.1) is 16.7 Å². The van der Waals surface area contributed by atoms with E-state index in [1.54, 1.807) is 18.5 Å². The summed E-state index contributed by atoms with van der Waals surface area (Å²) in [4.78, 5) is 25.4. The van der Waals surface area contributed by atoms with Crippen molar-refractivity contribution in [1.29, 1.82) is 0 Å². The van der Waals surface area contributed by atoms with Crippen molar-refractivity contribution in [3.63, 3.8) is 0 Å². The monoisotopic (exact) mass is 333 g/mol. The van der Waals surface area contributed by atoms with Crippen molar-refractivity contribution in [3.05, 3.63) is 48.8 Å². The van der Waals surface area contributed by atoms with Gasteiger partial charge in [-0.05, 0) is 43.2 Å². The summed E-state index contributed by atoms with van der Waals surface area (Å²) in [6.07, 6.45) is 8.00. The van der Waals surface area contributed by atoms with Crippen LogP contribution in [0.1, 0.15) is 25.7 Å². The lowest BCUT2D eigenvalue weighted by atomic mass is 10.1. The van der Waals surface area contributed by atoms with Crippen molar-refractivity contribution in [1.82, 2.24) is 20.3 Å². The first-order valence-corrected chi connectivity index (χ1v) is 8.54. The number of hydrogen-bond donors (Lipinski definition) is 2. The molecule has 1 saturated carbocycles. The minimum absolute atomic E-state index is 0.201. The highest BCUT2D eigenvalue weighted by atomic mass is 16.2. The van der Waals surface area contributed by atoms with Crippen LogP contribution in [0.2, 0.25) is 0 Å². The minimum Gasteiger partial charge on any atom is -0.335 e. The number of fused-ring (bicyclic) bond motifs is 1. The summed E-state index contributed by atoms with van der Waals surface area (Å²) in [6.45, 7) is 0. The number of aromatic nitrogens is 3. The molecule has 0 saturated heterocycles. The number of amides is 2. The maximum absolute atomic E-state index is 12.1. The molecule has 0 atom stereocenters. The lowest BCUT2D eigenvalue weighted by molar-refractivity contribution is 0.248. The fraction of sp³-hybridized carbons (Fsp3) is 0.263. The van der Waals surface area contributed by atoms with Crippen LogP contribution in [0.5, 0.6) is 0 Å². The molecule has 0 aliphatic heterocycles. The lowest BCUT2D eigenvalue weighted by Gasteiger charge is -2.12. The molecule has 1 aliphatic rings. The molecule has 126 valence electrons. The number of pyridine rings is 3. The van der Waals surface area contributed by atoms with Crippen molar-refractivity contribution in [3.8, 4) is 11.3 Å². The zero-order chi connectivity index (χ0) is 17.1. The van der Waals surface area contributed by atoms with E-state index in [-0.39, 0.29) is 12.1 Å². The van der Waals surface area contributed by atoms with E-state index >= 15 is 0 Å². The molecular weight excluding hydrogens is 314 g/mol. The van der Waals surface area contributed by atoms with E-state index in [0.717, 1.165) is 35.1 Å². The molecule has 0 aromatic carbocycles. The van der Waals surface area contributed by atoms with Crippen molar-refractivity contribution >= 4 is 22.9 Å². The highest BCUT2D eigenvalue weighted by Gasteiger charge is 2.17. The minimum atomic E-state index is -0.201. The zero-order valence-electron chi connectivity index (χ0n) is 13.8. The molecule has 2 amide bonds. The van der Waals surface area contributed by atoms with Crippen molar-refractivity contribution in [2.24, 2.45) is 0 Å². The topological polar surface area (TPSA) is 79.8 Å². The molecule has 25 heavy (non-hydrogen) atoms. The normalized spacial score (nSPS) is 14.6. The van der Waals surface area contributed by atoms with Crippen LogP contribution in [0.25, 0.3) is 22.3 Å². The molecular formula is C19H19N5O. The van der Waals surface area contributed by atoms with E-state index in [4.69, 9.17) is 0 Å². The summed E-state index contributed by atoms with van der Waals surface area (Å²) >= 11 is 0. The van der Waals surface area contributed by atoms with E-state index in [1.165, 1.54) is 12.8 Å². The first kappa shape index (κ1) is 15.5. The van der Waals surface area contributed by atoms with E-state index in [1.807, 2.05) is 30.3 Å². The predicted octanol–water partition coefficient (Wildman–Crippen LogP) is 3.76. The van der Waals surface area contributed by atoms with Crippen LogP contribution < -0.4 is 10.6 Å². The number of anilines is 1. The lowest BCUT2D eigenvalue weighted by Crippen LogP contribution is -2.36. The molecule has 1 fully saturated rings. The molecule has 3 heterocycles. The Morgan fingerprint density at radius 3 is 2.72 bits per heavy atom. The second-order valence-electron chi connectivity index (χ2n) is 6.25. The maximum atomic E-state index is 12.1. The molecule has 3 aromatic heterocycles. The Morgan fingerprint density at radius 1 is 1.04 bits per heavy atom. The number of urea groups is 1. The summed E-state index contributed by atoms with van der Waals surface area (Å²) < 4.78 is 0. The summed E-state index contributed by atoms with van der Waals surface area (Å²) in [7, 11) is 0. The fourth-order valence-corrected chi connectivity index (χ4v) is 3.16. The van der Waals surface area contributed by atoms with Gasteiger partial charge in [-0.15, -0.1) is 0 Å². The quantitative estimate of drug-likeness (QED) is 0.765. The summed E-state index contributed by atoms with van der Waals surface area (Å²) in [6, 6.07) is 11.4. The fourth-order valence-electron chi connectivity index (χ4n) is 3.16. The van der Waals surface area contributed by atoms with E-state index in [0.29, 0.717) is 5.82 Å². The third-order valence-electron chi connectivity index (χ3n) is 4.43. The molecule has 4 rings (SSSR count). The van der Waals surface area contributed by atoms with Gasteiger partial charge in [-0.1, -0.05) is 18.9 Å². The second-order valence-corrected chi connectivity index (χ2v) is 6.25. The van der Waals surface area contributed by atoms with Crippen LogP contribution in [0.4, 0.5) is 10.6 Å². The molecule has 0 bridgehead atoms. The third kappa shape index (κ3) is 3.57. The first-order valence-electron chi connectivity index (χ1n) is 8.54. The van der Waals surface area contributed by atoms with Crippen LogP contribution in [-0.4, -0.2) is 27.0 Å². The molecule has 3 aromatic rings. The Kier molecular flexibility index (Phi) is 4.24. The van der Waals surface area contributed by atoms with E-state index < -0.39 is 0 Å². The van der Waals surface area contributed by atoms with Crippen LogP contribution in [-0.2, 0) is 0 Å². The molecule has 0 spiro atoms. The van der Waals surface area contributed by atoms with E-state index in [9.17, 15) is 4.79 Å². The summed E-state index contributed by atoms with van der Waals surface area (Å²) in [5.41, 5.74) is 3.24. The van der Waals surface area contributed by atoms with Gasteiger partial charge in [0.2, 0.25) is 0 Å². The Hall–Kier alpha value is -3.02. The van der Waals surface area contributed by atoms with Crippen LogP contribution in [0.15, 0.2) is 48.8 Å². The highest BCUT2D eigenvalue weighted by molar-refractivity contribution is 5.90. The zero-order valence-corrected chi connectivity index (χ0v) is 13.8. The van der Waals surface area contributed by atoms with Crippen LogP contribution >= 0.6 is 0 Å². The Bertz CT molecular complexity index is 891. The van der Waals surface area contributed by atoms with Crippen LogP contribution in [0.3, 0.4) is 0 Å². The third-order valence-corrected chi connectivity index (χ3v) is 4.43. The van der Waals surface area contributed by atoms with Crippen molar-refractivity contribution in [2.75, 3.05) is 5.32 Å². The number of carbonyl (C=O) groups excluding carboxylic acids is 1. The first-order chi connectivity index (χ1) is 12.3. The number of rotatable bonds is 3. The Labute approximate surface area is 145 Å². The Morgan fingerprint density at radius 2 is 1.92 bits per heavy atom. The van der Waals surface area contributed by atoms with Gasteiger partial charge in [0.15, 0.2) is 0 Å². The number of carbonyl (C=O) groups is 1. The molecule has 0 radical (unpaired) electrons.